The average Bonchev–Trinajstić information content (AvgIpc) is 2.73. The Kier molecular flexibility index (Phi) is 4.60. The summed E-state index contributed by atoms with van der Waals surface area (Å²) in [4.78, 5) is 3.95. The Morgan fingerprint density at radius 1 is 1.41 bits per heavy atom. The van der Waals surface area contributed by atoms with Gasteiger partial charge in [-0.05, 0) is 76.3 Å². The van der Waals surface area contributed by atoms with Crippen LogP contribution in [0.2, 0.25) is 0 Å². The van der Waals surface area contributed by atoms with E-state index in [9.17, 15) is 0 Å². The van der Waals surface area contributed by atoms with E-state index < -0.39 is 0 Å². The fourth-order valence-electron chi connectivity index (χ4n) is 2.71. The summed E-state index contributed by atoms with van der Waals surface area (Å²) < 4.78 is 0. The molecule has 96 valence electrons. The molecule has 0 aliphatic carbocycles. The van der Waals surface area contributed by atoms with Gasteiger partial charge < -0.3 is 10.2 Å². The summed E-state index contributed by atoms with van der Waals surface area (Å²) in [6, 6.07) is 2.86. The number of hydrogen-bond acceptors (Lipinski definition) is 3. The van der Waals surface area contributed by atoms with Gasteiger partial charge in [0.15, 0.2) is 0 Å². The molecule has 0 amide bonds. The highest BCUT2D eigenvalue weighted by molar-refractivity contribution is 7.10. The standard InChI is InChI=1S/C14H24N2S/c1-11-6-9-17-14(11)13(16(2)3)10-12-4-7-15-8-5-12/h6,9,12-13,15H,4-5,7-8,10H2,1-3H3. The van der Waals surface area contributed by atoms with Gasteiger partial charge in [0.2, 0.25) is 0 Å². The topological polar surface area (TPSA) is 15.3 Å². The smallest absolute Gasteiger partial charge is 0.0440 e. The fourth-order valence-corrected chi connectivity index (χ4v) is 3.85. The van der Waals surface area contributed by atoms with Crippen LogP contribution in [0.15, 0.2) is 11.4 Å². The van der Waals surface area contributed by atoms with Gasteiger partial charge in [-0.2, -0.15) is 0 Å². The van der Waals surface area contributed by atoms with Crippen LogP contribution in [0.1, 0.15) is 35.7 Å². The molecule has 1 aliphatic heterocycles. The highest BCUT2D eigenvalue weighted by Gasteiger charge is 2.23. The number of thiophene rings is 1. The van der Waals surface area contributed by atoms with E-state index in [1.165, 1.54) is 37.9 Å². The number of piperidine rings is 1. The first-order chi connectivity index (χ1) is 8.18. The molecule has 0 aromatic carbocycles. The van der Waals surface area contributed by atoms with Crippen molar-refractivity contribution in [2.75, 3.05) is 27.2 Å². The predicted octanol–water partition coefficient (Wildman–Crippen LogP) is 3.05. The van der Waals surface area contributed by atoms with Crippen LogP contribution in [0.4, 0.5) is 0 Å². The molecule has 2 nitrogen and oxygen atoms in total. The van der Waals surface area contributed by atoms with Crippen molar-refractivity contribution in [3.63, 3.8) is 0 Å². The quantitative estimate of drug-likeness (QED) is 0.886. The van der Waals surface area contributed by atoms with E-state index in [0.29, 0.717) is 6.04 Å². The molecule has 1 N–H and O–H groups in total. The fraction of sp³-hybridized carbons (Fsp3) is 0.714. The summed E-state index contributed by atoms with van der Waals surface area (Å²) in [5.74, 6) is 0.894. The molecule has 1 aliphatic rings. The molecule has 0 radical (unpaired) electrons. The summed E-state index contributed by atoms with van der Waals surface area (Å²) in [7, 11) is 4.43. The number of hydrogen-bond donors (Lipinski definition) is 1. The molecule has 2 heterocycles. The minimum absolute atomic E-state index is 0.609. The number of rotatable bonds is 4. The van der Waals surface area contributed by atoms with Gasteiger partial charge in [0, 0.05) is 10.9 Å². The Labute approximate surface area is 109 Å². The lowest BCUT2D eigenvalue weighted by Gasteiger charge is -2.30. The van der Waals surface area contributed by atoms with Gasteiger partial charge in [-0.25, -0.2) is 0 Å². The van der Waals surface area contributed by atoms with Gasteiger partial charge in [-0.15, -0.1) is 11.3 Å². The third-order valence-corrected chi connectivity index (χ3v) is 4.96. The Hall–Kier alpha value is -0.380. The Balaban J connectivity index is 2.05. The largest absolute Gasteiger partial charge is 0.317 e. The van der Waals surface area contributed by atoms with Gasteiger partial charge in [-0.1, -0.05) is 0 Å². The molecule has 1 saturated heterocycles. The third kappa shape index (κ3) is 3.30. The zero-order valence-corrected chi connectivity index (χ0v) is 12.0. The van der Waals surface area contributed by atoms with Crippen LogP contribution >= 0.6 is 11.3 Å². The van der Waals surface area contributed by atoms with Crippen LogP contribution in [0, 0.1) is 12.8 Å². The third-order valence-electron chi connectivity index (χ3n) is 3.84. The first kappa shape index (κ1) is 13.1. The Morgan fingerprint density at radius 2 is 2.12 bits per heavy atom. The average molecular weight is 252 g/mol. The van der Waals surface area contributed by atoms with E-state index in [4.69, 9.17) is 0 Å². The summed E-state index contributed by atoms with van der Waals surface area (Å²) >= 11 is 1.92. The molecule has 1 unspecified atom stereocenters. The van der Waals surface area contributed by atoms with Crippen LogP contribution in [0.5, 0.6) is 0 Å². The lowest BCUT2D eigenvalue weighted by Crippen LogP contribution is -2.31. The van der Waals surface area contributed by atoms with Crippen LogP contribution in [0.3, 0.4) is 0 Å². The molecule has 1 fully saturated rings. The van der Waals surface area contributed by atoms with Gasteiger partial charge in [0.1, 0.15) is 0 Å². The second-order valence-corrected chi connectivity index (χ2v) is 6.32. The minimum Gasteiger partial charge on any atom is -0.317 e. The zero-order valence-electron chi connectivity index (χ0n) is 11.2. The number of nitrogens with one attached hydrogen (secondary N) is 1. The van der Waals surface area contributed by atoms with E-state index in [0.717, 1.165) is 5.92 Å². The highest BCUT2D eigenvalue weighted by Crippen LogP contribution is 2.34. The zero-order chi connectivity index (χ0) is 12.3. The predicted molar refractivity (Wildman–Crippen MR) is 75.7 cm³/mol. The first-order valence-corrected chi connectivity index (χ1v) is 7.47. The van der Waals surface area contributed by atoms with Crippen molar-refractivity contribution in [1.82, 2.24) is 10.2 Å². The number of nitrogens with zero attached hydrogens (tertiary/aromatic N) is 1. The maximum absolute atomic E-state index is 3.45. The molecular formula is C14H24N2S. The van der Waals surface area contributed by atoms with Crippen LogP contribution in [0.25, 0.3) is 0 Å². The van der Waals surface area contributed by atoms with E-state index in [1.54, 1.807) is 4.88 Å². The van der Waals surface area contributed by atoms with Crippen molar-refractivity contribution >= 4 is 11.3 Å². The van der Waals surface area contributed by atoms with E-state index >= 15 is 0 Å². The van der Waals surface area contributed by atoms with Crippen LogP contribution < -0.4 is 5.32 Å². The van der Waals surface area contributed by atoms with Crippen molar-refractivity contribution in [2.24, 2.45) is 5.92 Å². The molecule has 3 heteroatoms. The first-order valence-electron chi connectivity index (χ1n) is 6.59. The highest BCUT2D eigenvalue weighted by atomic mass is 32.1. The van der Waals surface area contributed by atoms with Crippen molar-refractivity contribution in [2.45, 2.75) is 32.2 Å². The van der Waals surface area contributed by atoms with E-state index in [2.05, 4.69) is 42.7 Å². The van der Waals surface area contributed by atoms with Crippen molar-refractivity contribution in [1.29, 1.82) is 0 Å². The monoisotopic (exact) mass is 252 g/mol. The Bertz CT molecular complexity index is 340. The molecule has 2 rings (SSSR count). The van der Waals surface area contributed by atoms with Gasteiger partial charge in [-0.3, -0.25) is 0 Å². The SMILES string of the molecule is Cc1ccsc1C(CC1CCNCC1)N(C)C. The summed E-state index contributed by atoms with van der Waals surface area (Å²) in [5, 5.41) is 5.68. The minimum atomic E-state index is 0.609. The lowest BCUT2D eigenvalue weighted by atomic mass is 9.89. The molecule has 0 spiro atoms. The van der Waals surface area contributed by atoms with Gasteiger partial charge >= 0.3 is 0 Å². The van der Waals surface area contributed by atoms with E-state index in [-0.39, 0.29) is 0 Å². The summed E-state index contributed by atoms with van der Waals surface area (Å²) in [5.41, 5.74) is 1.46. The Morgan fingerprint density at radius 3 is 2.65 bits per heavy atom. The molecule has 0 saturated carbocycles. The summed E-state index contributed by atoms with van der Waals surface area (Å²) in [6.07, 6.45) is 4.00. The molecule has 1 aromatic heterocycles. The van der Waals surface area contributed by atoms with Crippen molar-refractivity contribution in [3.8, 4) is 0 Å². The molecule has 0 bridgehead atoms. The summed E-state index contributed by atoms with van der Waals surface area (Å²) in [6.45, 7) is 4.65. The number of aryl methyl sites for hydroxylation is 1. The second-order valence-electron chi connectivity index (χ2n) is 5.38. The second kappa shape index (κ2) is 5.98. The molecule has 1 aromatic rings. The normalized spacial score (nSPS) is 19.8. The van der Waals surface area contributed by atoms with Crippen molar-refractivity contribution < 1.29 is 0 Å². The van der Waals surface area contributed by atoms with E-state index in [1.807, 2.05) is 11.3 Å². The van der Waals surface area contributed by atoms with Crippen LogP contribution in [-0.4, -0.2) is 32.1 Å². The van der Waals surface area contributed by atoms with Gasteiger partial charge in [0.05, 0.1) is 0 Å². The van der Waals surface area contributed by atoms with Crippen molar-refractivity contribution in [3.05, 3.63) is 21.9 Å². The van der Waals surface area contributed by atoms with Crippen LogP contribution in [-0.2, 0) is 0 Å². The molecule has 1 atom stereocenters. The maximum Gasteiger partial charge on any atom is 0.0440 e. The van der Waals surface area contributed by atoms with Gasteiger partial charge in [0.25, 0.3) is 0 Å². The molecular weight excluding hydrogens is 228 g/mol. The molecule has 17 heavy (non-hydrogen) atoms. The lowest BCUT2D eigenvalue weighted by molar-refractivity contribution is 0.225. The maximum atomic E-state index is 3.45.